The largest absolute Gasteiger partial charge is 0.508 e. The number of rotatable bonds is 0. The summed E-state index contributed by atoms with van der Waals surface area (Å²) in [4.78, 5) is 0. The molecule has 1 N–H and O–H groups in total. The molecule has 11 heavy (non-hydrogen) atoms. The fourth-order valence-electron chi connectivity index (χ4n) is 0.563. The molecular weight excluding hydrogens is 262 g/mol. The van der Waals surface area contributed by atoms with E-state index in [0.717, 1.165) is 5.56 Å². The van der Waals surface area contributed by atoms with Gasteiger partial charge >= 0.3 is 0 Å². The van der Waals surface area contributed by atoms with Gasteiger partial charge in [-0.1, -0.05) is 18.2 Å². The minimum Gasteiger partial charge on any atom is -0.508 e. The molecule has 0 aliphatic carbocycles. The van der Waals surface area contributed by atoms with Crippen molar-refractivity contribution in [1.82, 2.24) is 0 Å². The molecule has 0 bridgehead atoms. The maximum absolute atomic E-state index is 8.92. The molecular formula is C7H10Cl2OZr. The molecule has 0 saturated carbocycles. The van der Waals surface area contributed by atoms with Crippen LogP contribution in [0.3, 0.4) is 0 Å². The third-order valence-electron chi connectivity index (χ3n) is 1.12. The maximum Gasteiger partial charge on any atom is 0.118 e. The van der Waals surface area contributed by atoms with Gasteiger partial charge in [0, 0.05) is 26.2 Å². The second-order valence-corrected chi connectivity index (χ2v) is 1.79. The number of para-hydroxylation sites is 1. The van der Waals surface area contributed by atoms with E-state index in [0.29, 0.717) is 5.75 Å². The van der Waals surface area contributed by atoms with E-state index in [4.69, 9.17) is 5.11 Å². The molecule has 0 spiro atoms. The van der Waals surface area contributed by atoms with Crippen molar-refractivity contribution in [2.45, 2.75) is 6.92 Å². The molecule has 0 fully saturated rings. The summed E-state index contributed by atoms with van der Waals surface area (Å²) >= 11 is 0. The summed E-state index contributed by atoms with van der Waals surface area (Å²) in [5.74, 6) is 0.368. The normalized spacial score (nSPS) is 6.64. The third kappa shape index (κ3) is 5.72. The van der Waals surface area contributed by atoms with Gasteiger partial charge in [0.15, 0.2) is 0 Å². The van der Waals surface area contributed by atoms with Crippen LogP contribution in [0.1, 0.15) is 5.56 Å². The summed E-state index contributed by atoms with van der Waals surface area (Å²) in [5.41, 5.74) is 0.924. The van der Waals surface area contributed by atoms with Gasteiger partial charge in [0.2, 0.25) is 0 Å². The van der Waals surface area contributed by atoms with E-state index in [2.05, 4.69) is 0 Å². The van der Waals surface area contributed by atoms with Crippen molar-refractivity contribution in [3.05, 3.63) is 29.8 Å². The van der Waals surface area contributed by atoms with Crippen molar-refractivity contribution < 1.29 is 31.3 Å². The van der Waals surface area contributed by atoms with E-state index in [9.17, 15) is 0 Å². The second-order valence-electron chi connectivity index (χ2n) is 1.79. The summed E-state index contributed by atoms with van der Waals surface area (Å²) in [6, 6.07) is 7.25. The Morgan fingerprint density at radius 2 is 1.55 bits per heavy atom. The molecule has 0 amide bonds. The molecule has 0 saturated heterocycles. The molecule has 0 aliphatic rings. The van der Waals surface area contributed by atoms with E-state index in [1.807, 2.05) is 25.1 Å². The first kappa shape index (κ1) is 17.5. The summed E-state index contributed by atoms with van der Waals surface area (Å²) in [6.07, 6.45) is 0. The smallest absolute Gasteiger partial charge is 0.118 e. The number of phenolic OH excluding ortho intramolecular Hbond substituents is 1. The van der Waals surface area contributed by atoms with E-state index in [-0.39, 0.29) is 51.0 Å². The summed E-state index contributed by atoms with van der Waals surface area (Å²) in [5, 5.41) is 8.92. The molecule has 1 nitrogen and oxygen atoms in total. The first-order chi connectivity index (χ1) is 3.80. The third-order valence-corrected chi connectivity index (χ3v) is 1.12. The van der Waals surface area contributed by atoms with Crippen LogP contribution in [0.4, 0.5) is 0 Å². The van der Waals surface area contributed by atoms with E-state index in [1.165, 1.54) is 0 Å². The zero-order valence-corrected chi connectivity index (χ0v) is 10.2. The van der Waals surface area contributed by atoms with Gasteiger partial charge in [-0.05, 0) is 18.6 Å². The zero-order chi connectivity index (χ0) is 5.98. The molecule has 0 unspecified atom stereocenters. The predicted octanol–water partition coefficient (Wildman–Crippen LogP) is 2.54. The Balaban J connectivity index is -0.000000213. The zero-order valence-electron chi connectivity index (χ0n) is 6.07. The topological polar surface area (TPSA) is 20.2 Å². The second kappa shape index (κ2) is 8.58. The molecule has 0 aromatic heterocycles. The van der Waals surface area contributed by atoms with E-state index < -0.39 is 0 Å². The van der Waals surface area contributed by atoms with Crippen molar-refractivity contribution in [2.75, 3.05) is 0 Å². The van der Waals surface area contributed by atoms with E-state index >= 15 is 0 Å². The van der Waals surface area contributed by atoms with Gasteiger partial charge in [-0.25, -0.2) is 0 Å². The predicted molar refractivity (Wildman–Crippen MR) is 47.3 cm³/mol. The molecule has 1 rings (SSSR count). The Morgan fingerprint density at radius 1 is 1.09 bits per heavy atom. The van der Waals surface area contributed by atoms with Crippen LogP contribution in [0.2, 0.25) is 0 Å². The average molecular weight is 272 g/mol. The van der Waals surface area contributed by atoms with Crippen LogP contribution in [-0.2, 0) is 26.2 Å². The Bertz CT molecular complexity index is 173. The Morgan fingerprint density at radius 3 is 1.82 bits per heavy atom. The van der Waals surface area contributed by atoms with Crippen LogP contribution in [-0.4, -0.2) is 5.11 Å². The van der Waals surface area contributed by atoms with Crippen molar-refractivity contribution >= 4 is 24.8 Å². The first-order valence-corrected chi connectivity index (χ1v) is 2.55. The minimum absolute atomic E-state index is 0. The van der Waals surface area contributed by atoms with Gasteiger partial charge in [0.25, 0.3) is 0 Å². The number of hydrogen-bond acceptors (Lipinski definition) is 1. The fourth-order valence-corrected chi connectivity index (χ4v) is 0.563. The van der Waals surface area contributed by atoms with Crippen molar-refractivity contribution in [2.24, 2.45) is 0 Å². The summed E-state index contributed by atoms with van der Waals surface area (Å²) < 4.78 is 0. The van der Waals surface area contributed by atoms with Gasteiger partial charge in [0.1, 0.15) is 5.75 Å². The Labute approximate surface area is 98.1 Å². The van der Waals surface area contributed by atoms with Crippen LogP contribution < -0.4 is 0 Å². The molecule has 0 heterocycles. The average Bonchev–Trinajstić information content (AvgIpc) is 1.77. The molecule has 0 aliphatic heterocycles. The number of aryl methyl sites for hydroxylation is 1. The molecule has 0 atom stereocenters. The Hall–Kier alpha value is 0.483. The van der Waals surface area contributed by atoms with Crippen LogP contribution in [0.5, 0.6) is 5.75 Å². The van der Waals surface area contributed by atoms with Crippen LogP contribution in [0.25, 0.3) is 0 Å². The standard InChI is InChI=1S/C7H8O.2ClH.Zr/c1-6-4-2-3-5-7(6)8;;;/h2-5,8H,1H3;2*1H;. The van der Waals surface area contributed by atoms with E-state index in [1.54, 1.807) is 6.07 Å². The fraction of sp³-hybridized carbons (Fsp3) is 0.143. The van der Waals surface area contributed by atoms with Gasteiger partial charge in [-0.15, -0.1) is 24.8 Å². The van der Waals surface area contributed by atoms with Gasteiger partial charge < -0.3 is 5.11 Å². The number of phenols is 1. The quantitative estimate of drug-likeness (QED) is 0.769. The molecule has 62 valence electrons. The Kier molecular flexibility index (Phi) is 13.7. The van der Waals surface area contributed by atoms with Crippen molar-refractivity contribution in [3.63, 3.8) is 0 Å². The monoisotopic (exact) mass is 270 g/mol. The minimum atomic E-state index is 0. The van der Waals surface area contributed by atoms with Gasteiger partial charge in [0.05, 0.1) is 0 Å². The van der Waals surface area contributed by atoms with Crippen molar-refractivity contribution in [3.8, 4) is 5.75 Å². The molecule has 1 aromatic carbocycles. The maximum atomic E-state index is 8.92. The SMILES string of the molecule is Cc1ccccc1O.Cl.Cl.[Zr]. The van der Waals surface area contributed by atoms with Crippen LogP contribution in [0, 0.1) is 6.92 Å². The number of hydrogen-bond donors (Lipinski definition) is 1. The molecule has 4 heteroatoms. The molecule has 1 aromatic rings. The van der Waals surface area contributed by atoms with Gasteiger partial charge in [-0.3, -0.25) is 0 Å². The number of aromatic hydroxyl groups is 1. The summed E-state index contributed by atoms with van der Waals surface area (Å²) in [6.45, 7) is 1.87. The van der Waals surface area contributed by atoms with Crippen LogP contribution in [0.15, 0.2) is 24.3 Å². The van der Waals surface area contributed by atoms with Crippen LogP contribution >= 0.6 is 24.8 Å². The first-order valence-electron chi connectivity index (χ1n) is 2.55. The number of halogens is 2. The summed E-state index contributed by atoms with van der Waals surface area (Å²) in [7, 11) is 0. The number of benzene rings is 1. The van der Waals surface area contributed by atoms with Gasteiger partial charge in [-0.2, -0.15) is 0 Å². The van der Waals surface area contributed by atoms with Crippen molar-refractivity contribution in [1.29, 1.82) is 0 Å². The molecule has 0 radical (unpaired) electrons.